The minimum atomic E-state index is -0.984. The molecule has 1 aromatic rings. The second-order valence-electron chi connectivity index (χ2n) is 8.20. The van der Waals surface area contributed by atoms with Gasteiger partial charge in [-0.15, -0.1) is 0 Å². The lowest BCUT2D eigenvalue weighted by Gasteiger charge is -2.42. The van der Waals surface area contributed by atoms with Crippen LogP contribution in [0.4, 0.5) is 4.79 Å². The molecule has 2 heterocycles. The summed E-state index contributed by atoms with van der Waals surface area (Å²) in [5, 5.41) is 8.66. The molecule has 0 aromatic heterocycles. The van der Waals surface area contributed by atoms with Crippen LogP contribution in [-0.2, 0) is 16.0 Å². The molecule has 1 fully saturated rings. The molecule has 3 aliphatic rings. The van der Waals surface area contributed by atoms with Crippen molar-refractivity contribution in [2.45, 2.75) is 31.3 Å². The van der Waals surface area contributed by atoms with E-state index in [1.807, 2.05) is 42.2 Å². The normalized spacial score (nSPS) is 24.8. The maximum atomic E-state index is 13.8. The van der Waals surface area contributed by atoms with Crippen LogP contribution < -0.4 is 14.8 Å². The number of rotatable bonds is 5. The first-order valence-electron chi connectivity index (χ1n) is 11.0. The van der Waals surface area contributed by atoms with Gasteiger partial charge in [0.05, 0.1) is 39.8 Å². The monoisotopic (exact) mass is 454 g/mol. The van der Waals surface area contributed by atoms with Crippen molar-refractivity contribution in [3.05, 3.63) is 47.1 Å². The Labute approximate surface area is 193 Å². The van der Waals surface area contributed by atoms with Crippen LogP contribution in [0.1, 0.15) is 24.5 Å². The Morgan fingerprint density at radius 2 is 2.06 bits per heavy atom. The lowest BCUT2D eigenvalue weighted by Crippen LogP contribution is -2.57. The Morgan fingerprint density at radius 1 is 1.30 bits per heavy atom. The number of ether oxygens (including phenoxy) is 3. The number of nitrogens with zero attached hydrogens (tertiary/aromatic N) is 3. The number of methoxy groups -OCH3 is 2. The van der Waals surface area contributed by atoms with Crippen LogP contribution in [0, 0.1) is 0 Å². The third kappa shape index (κ3) is 3.91. The van der Waals surface area contributed by atoms with Gasteiger partial charge in [0.15, 0.2) is 17.3 Å². The van der Waals surface area contributed by atoms with E-state index in [1.165, 1.54) is 5.01 Å². The number of carbonyl (C=O) groups excluding carboxylic acids is 2. The lowest BCUT2D eigenvalue weighted by molar-refractivity contribution is -0.120. The highest BCUT2D eigenvalue weighted by Gasteiger charge is 2.48. The van der Waals surface area contributed by atoms with Gasteiger partial charge in [-0.05, 0) is 24.1 Å². The molecule has 2 unspecified atom stereocenters. The molecule has 0 spiro atoms. The summed E-state index contributed by atoms with van der Waals surface area (Å²) in [5.74, 6) is 1.11. The Kier molecular flexibility index (Phi) is 6.53. The third-order valence-corrected chi connectivity index (χ3v) is 6.60. The standard InChI is InChI=1S/C24H30N4O5/c1-5-24(18-7-6-8-19(22(18)29)27-9-10-33-15-27)13-16-11-20(31-3)21(32-4)12-17(16)14-26-28(24)23(30)25-2/h6-8,11-12,14,19H,5,9-10,13,15H2,1-4H3,(H,25,30). The van der Waals surface area contributed by atoms with Gasteiger partial charge < -0.3 is 19.5 Å². The molecule has 1 N–H and O–H groups in total. The predicted molar refractivity (Wildman–Crippen MR) is 124 cm³/mol. The third-order valence-electron chi connectivity index (χ3n) is 6.60. The van der Waals surface area contributed by atoms with Gasteiger partial charge in [-0.2, -0.15) is 5.10 Å². The number of nitrogens with one attached hydrogen (secondary N) is 1. The number of allylic oxidation sites excluding steroid dienone is 2. The molecule has 1 aliphatic carbocycles. The number of hydrogen-bond donors (Lipinski definition) is 1. The fraction of sp³-hybridized carbons (Fsp3) is 0.458. The molecule has 1 aromatic carbocycles. The van der Waals surface area contributed by atoms with Crippen LogP contribution >= 0.6 is 0 Å². The van der Waals surface area contributed by atoms with Crippen molar-refractivity contribution in [2.75, 3.05) is 41.1 Å². The Bertz CT molecular complexity index is 1030. The summed E-state index contributed by atoms with van der Waals surface area (Å²) in [6.07, 6.45) is 8.11. The second-order valence-corrected chi connectivity index (χ2v) is 8.20. The quantitative estimate of drug-likeness (QED) is 0.733. The van der Waals surface area contributed by atoms with Crippen molar-refractivity contribution < 1.29 is 23.8 Å². The molecule has 9 heteroatoms. The van der Waals surface area contributed by atoms with E-state index >= 15 is 0 Å². The van der Waals surface area contributed by atoms with E-state index in [9.17, 15) is 9.59 Å². The zero-order valence-electron chi connectivity index (χ0n) is 19.5. The topological polar surface area (TPSA) is 92.7 Å². The maximum Gasteiger partial charge on any atom is 0.338 e. The van der Waals surface area contributed by atoms with Crippen LogP contribution in [0.15, 0.2) is 41.0 Å². The van der Waals surface area contributed by atoms with Crippen molar-refractivity contribution in [1.29, 1.82) is 0 Å². The molecule has 9 nitrogen and oxygen atoms in total. The molecule has 2 atom stereocenters. The van der Waals surface area contributed by atoms with E-state index < -0.39 is 11.6 Å². The number of benzene rings is 1. The van der Waals surface area contributed by atoms with E-state index in [0.29, 0.717) is 49.8 Å². The fourth-order valence-corrected chi connectivity index (χ4v) is 4.76. The SMILES string of the molecule is CCC1(C2=CC=CC(N3CCOC3)C2=O)Cc2cc(OC)c(OC)cc2C=NN1C(=O)NC. The van der Waals surface area contributed by atoms with Gasteiger partial charge >= 0.3 is 6.03 Å². The molecule has 33 heavy (non-hydrogen) atoms. The van der Waals surface area contributed by atoms with Crippen LogP contribution in [-0.4, -0.2) is 80.7 Å². The van der Waals surface area contributed by atoms with Crippen LogP contribution in [0.2, 0.25) is 0 Å². The molecule has 1 saturated heterocycles. The first-order chi connectivity index (χ1) is 16.0. The highest BCUT2D eigenvalue weighted by molar-refractivity contribution is 6.05. The zero-order valence-corrected chi connectivity index (χ0v) is 19.5. The van der Waals surface area contributed by atoms with Gasteiger partial charge in [0.25, 0.3) is 0 Å². The van der Waals surface area contributed by atoms with E-state index in [1.54, 1.807) is 27.5 Å². The summed E-state index contributed by atoms with van der Waals surface area (Å²) in [6, 6.07) is 2.92. The molecule has 0 bridgehead atoms. The van der Waals surface area contributed by atoms with E-state index in [2.05, 4.69) is 10.4 Å². The lowest BCUT2D eigenvalue weighted by atomic mass is 9.75. The second kappa shape index (κ2) is 9.36. The van der Waals surface area contributed by atoms with Crippen LogP contribution in [0.25, 0.3) is 0 Å². The summed E-state index contributed by atoms with van der Waals surface area (Å²) in [6.45, 7) is 3.66. The van der Waals surface area contributed by atoms with Gasteiger partial charge in [0.2, 0.25) is 0 Å². The number of fused-ring (bicyclic) bond motifs is 1. The Morgan fingerprint density at radius 3 is 2.70 bits per heavy atom. The van der Waals surface area contributed by atoms with Crippen LogP contribution in [0.3, 0.4) is 0 Å². The Hall–Kier alpha value is -3.17. The molecule has 2 aliphatic heterocycles. The molecular weight excluding hydrogens is 424 g/mol. The number of amides is 2. The van der Waals surface area contributed by atoms with E-state index in [4.69, 9.17) is 14.2 Å². The fourth-order valence-electron chi connectivity index (χ4n) is 4.76. The van der Waals surface area contributed by atoms with Crippen molar-refractivity contribution in [2.24, 2.45) is 5.10 Å². The van der Waals surface area contributed by atoms with Gasteiger partial charge in [0.1, 0.15) is 5.54 Å². The van der Waals surface area contributed by atoms with Crippen LogP contribution in [0.5, 0.6) is 11.5 Å². The first-order valence-corrected chi connectivity index (χ1v) is 11.0. The van der Waals surface area contributed by atoms with E-state index in [0.717, 1.165) is 11.1 Å². The summed E-state index contributed by atoms with van der Waals surface area (Å²) in [4.78, 5) is 28.9. The van der Waals surface area contributed by atoms with Crippen molar-refractivity contribution >= 4 is 18.0 Å². The number of carbonyl (C=O) groups is 2. The average molecular weight is 455 g/mol. The summed E-state index contributed by atoms with van der Waals surface area (Å²) < 4.78 is 16.4. The van der Waals surface area contributed by atoms with Crippen molar-refractivity contribution in [3.63, 3.8) is 0 Å². The van der Waals surface area contributed by atoms with Gasteiger partial charge in [-0.1, -0.05) is 25.2 Å². The average Bonchev–Trinajstić information content (AvgIpc) is 3.32. The number of Topliss-reactive ketones (excluding diaryl/α,β-unsaturated/α-hetero) is 1. The zero-order chi connectivity index (χ0) is 23.6. The molecule has 0 saturated carbocycles. The highest BCUT2D eigenvalue weighted by Crippen LogP contribution is 2.41. The van der Waals surface area contributed by atoms with E-state index in [-0.39, 0.29) is 11.8 Å². The summed E-state index contributed by atoms with van der Waals surface area (Å²) in [5.41, 5.74) is 1.28. The summed E-state index contributed by atoms with van der Waals surface area (Å²) in [7, 11) is 4.72. The molecule has 0 radical (unpaired) electrons. The van der Waals surface area contributed by atoms with Gasteiger partial charge in [0, 0.05) is 31.1 Å². The molecular formula is C24H30N4O5. The first kappa shape index (κ1) is 23.0. The molecule has 2 amide bonds. The van der Waals surface area contributed by atoms with Crippen molar-refractivity contribution in [1.82, 2.24) is 15.2 Å². The number of hydrazone groups is 1. The number of ketones is 1. The summed E-state index contributed by atoms with van der Waals surface area (Å²) >= 11 is 0. The number of urea groups is 1. The smallest absolute Gasteiger partial charge is 0.338 e. The van der Waals surface area contributed by atoms with Gasteiger partial charge in [-0.25, -0.2) is 9.80 Å². The largest absolute Gasteiger partial charge is 0.493 e. The maximum absolute atomic E-state index is 13.8. The van der Waals surface area contributed by atoms with Crippen molar-refractivity contribution in [3.8, 4) is 11.5 Å². The Balaban J connectivity index is 1.84. The minimum absolute atomic E-state index is 0.0436. The highest BCUT2D eigenvalue weighted by atomic mass is 16.5. The predicted octanol–water partition coefficient (Wildman–Crippen LogP) is 2.11. The van der Waals surface area contributed by atoms with Gasteiger partial charge in [-0.3, -0.25) is 9.69 Å². The molecule has 4 rings (SSSR count). The minimum Gasteiger partial charge on any atom is -0.493 e. The number of hydrogen-bond acceptors (Lipinski definition) is 7. The molecule has 176 valence electrons.